The molecule has 0 radical (unpaired) electrons. The molecule has 9 nitrogen and oxygen atoms in total. The van der Waals surface area contributed by atoms with E-state index in [1.54, 1.807) is 12.4 Å². The fraction of sp³-hybridized carbons (Fsp3) is 0.462. The Hall–Kier alpha value is -3.30. The molecule has 3 aliphatic rings. The lowest BCUT2D eigenvalue weighted by Crippen LogP contribution is -2.48. The number of hydrogen-bond donors (Lipinski definition) is 2. The SMILES string of the molecule is Nc1ncc(-c2ccc(C(=O)N3CCOCC3)cc2)c2nc(NC3CCC4(CCO4)CC3)ncc12. The van der Waals surface area contributed by atoms with Crippen molar-refractivity contribution in [2.45, 2.75) is 43.7 Å². The number of carbonyl (C=O) groups is 1. The van der Waals surface area contributed by atoms with Crippen molar-refractivity contribution in [1.82, 2.24) is 19.9 Å². The summed E-state index contributed by atoms with van der Waals surface area (Å²) in [6.07, 6.45) is 8.92. The molecule has 1 aliphatic carbocycles. The van der Waals surface area contributed by atoms with Crippen LogP contribution in [0, 0.1) is 0 Å². The molecule has 35 heavy (non-hydrogen) atoms. The first-order valence-corrected chi connectivity index (χ1v) is 12.4. The number of aromatic nitrogens is 3. The molecule has 1 spiro atoms. The Morgan fingerprint density at radius 3 is 2.46 bits per heavy atom. The van der Waals surface area contributed by atoms with E-state index >= 15 is 0 Å². The van der Waals surface area contributed by atoms with Gasteiger partial charge in [-0.3, -0.25) is 4.79 Å². The fourth-order valence-corrected chi connectivity index (χ4v) is 5.32. The number of pyridine rings is 1. The first-order valence-electron chi connectivity index (χ1n) is 12.4. The summed E-state index contributed by atoms with van der Waals surface area (Å²) < 4.78 is 11.2. The molecule has 3 aromatic rings. The third-order valence-electron chi connectivity index (χ3n) is 7.59. The van der Waals surface area contributed by atoms with E-state index in [1.165, 1.54) is 6.42 Å². The molecule has 0 bridgehead atoms. The zero-order valence-corrected chi connectivity index (χ0v) is 19.7. The topological polar surface area (TPSA) is 115 Å². The summed E-state index contributed by atoms with van der Waals surface area (Å²) in [5.74, 6) is 1.02. The molecule has 9 heteroatoms. The maximum atomic E-state index is 12.8. The highest BCUT2D eigenvalue weighted by atomic mass is 16.5. The van der Waals surface area contributed by atoms with Crippen molar-refractivity contribution in [3.05, 3.63) is 42.2 Å². The lowest BCUT2D eigenvalue weighted by atomic mass is 9.77. The number of morpholine rings is 1. The predicted molar refractivity (Wildman–Crippen MR) is 133 cm³/mol. The van der Waals surface area contributed by atoms with E-state index in [1.807, 2.05) is 29.2 Å². The van der Waals surface area contributed by atoms with Crippen LogP contribution in [0.5, 0.6) is 0 Å². The molecule has 1 aromatic carbocycles. The Bertz CT molecular complexity index is 1230. The van der Waals surface area contributed by atoms with Gasteiger partial charge < -0.3 is 25.4 Å². The van der Waals surface area contributed by atoms with Gasteiger partial charge in [0.05, 0.1) is 36.3 Å². The number of ether oxygens (including phenoxy) is 2. The molecule has 6 rings (SSSR count). The largest absolute Gasteiger partial charge is 0.383 e. The number of hydrogen-bond acceptors (Lipinski definition) is 8. The fourth-order valence-electron chi connectivity index (χ4n) is 5.32. The highest BCUT2D eigenvalue weighted by molar-refractivity contribution is 5.99. The van der Waals surface area contributed by atoms with Crippen LogP contribution in [-0.2, 0) is 9.47 Å². The summed E-state index contributed by atoms with van der Waals surface area (Å²) in [5, 5.41) is 4.23. The number of nitrogens with one attached hydrogen (secondary N) is 1. The molecule has 4 heterocycles. The van der Waals surface area contributed by atoms with Gasteiger partial charge in [-0.05, 0) is 49.8 Å². The van der Waals surface area contributed by atoms with Crippen LogP contribution in [0.2, 0.25) is 0 Å². The number of nitrogens with two attached hydrogens (primary N) is 1. The van der Waals surface area contributed by atoms with Crippen LogP contribution in [0.15, 0.2) is 36.7 Å². The molecule has 1 amide bonds. The third kappa shape index (κ3) is 4.30. The van der Waals surface area contributed by atoms with E-state index in [0.29, 0.717) is 55.1 Å². The predicted octanol–water partition coefficient (Wildman–Crippen LogP) is 3.26. The van der Waals surface area contributed by atoms with Crippen LogP contribution in [-0.4, -0.2) is 70.3 Å². The van der Waals surface area contributed by atoms with Crippen LogP contribution >= 0.6 is 0 Å². The first kappa shape index (κ1) is 22.2. The highest BCUT2D eigenvalue weighted by Gasteiger charge is 2.41. The van der Waals surface area contributed by atoms with E-state index in [2.05, 4.69) is 15.3 Å². The molecular weight excluding hydrogens is 444 g/mol. The number of benzene rings is 1. The van der Waals surface area contributed by atoms with Crippen molar-refractivity contribution in [2.75, 3.05) is 44.0 Å². The van der Waals surface area contributed by atoms with Gasteiger partial charge in [0.2, 0.25) is 5.95 Å². The van der Waals surface area contributed by atoms with Crippen LogP contribution < -0.4 is 11.1 Å². The Morgan fingerprint density at radius 2 is 1.77 bits per heavy atom. The zero-order chi connectivity index (χ0) is 23.8. The van der Waals surface area contributed by atoms with Gasteiger partial charge in [0.25, 0.3) is 5.91 Å². The Labute approximate surface area is 204 Å². The summed E-state index contributed by atoms with van der Waals surface area (Å²) in [4.78, 5) is 28.4. The summed E-state index contributed by atoms with van der Waals surface area (Å²) in [5.41, 5.74) is 9.47. The highest BCUT2D eigenvalue weighted by Crippen LogP contribution is 2.41. The second-order valence-corrected chi connectivity index (χ2v) is 9.70. The normalized spacial score (nSPS) is 24.3. The summed E-state index contributed by atoms with van der Waals surface area (Å²) in [6, 6.07) is 7.92. The first-order chi connectivity index (χ1) is 17.1. The summed E-state index contributed by atoms with van der Waals surface area (Å²) in [7, 11) is 0. The van der Waals surface area contributed by atoms with Crippen molar-refractivity contribution >= 4 is 28.6 Å². The second kappa shape index (κ2) is 9.05. The summed E-state index contributed by atoms with van der Waals surface area (Å²) in [6.45, 7) is 3.30. The van der Waals surface area contributed by atoms with Crippen LogP contribution in [0.1, 0.15) is 42.5 Å². The minimum absolute atomic E-state index is 0.0236. The Kier molecular flexibility index (Phi) is 5.74. The van der Waals surface area contributed by atoms with Crippen molar-refractivity contribution in [1.29, 1.82) is 0 Å². The van der Waals surface area contributed by atoms with Gasteiger partial charge in [-0.2, -0.15) is 0 Å². The smallest absolute Gasteiger partial charge is 0.254 e. The lowest BCUT2D eigenvalue weighted by Gasteiger charge is -2.46. The monoisotopic (exact) mass is 474 g/mol. The van der Waals surface area contributed by atoms with Crippen molar-refractivity contribution in [3.8, 4) is 11.1 Å². The molecule has 0 atom stereocenters. The number of rotatable bonds is 4. The molecule has 1 saturated carbocycles. The van der Waals surface area contributed by atoms with Gasteiger partial charge in [-0.1, -0.05) is 12.1 Å². The number of nitrogens with zero attached hydrogens (tertiary/aromatic N) is 4. The molecule has 3 fully saturated rings. The van der Waals surface area contributed by atoms with Crippen LogP contribution in [0.4, 0.5) is 11.8 Å². The summed E-state index contributed by atoms with van der Waals surface area (Å²) >= 11 is 0. The van der Waals surface area contributed by atoms with Gasteiger partial charge in [0, 0.05) is 42.7 Å². The van der Waals surface area contributed by atoms with Crippen LogP contribution in [0.3, 0.4) is 0 Å². The molecule has 0 unspecified atom stereocenters. The lowest BCUT2D eigenvalue weighted by molar-refractivity contribution is -0.165. The third-order valence-corrected chi connectivity index (χ3v) is 7.59. The number of amides is 1. The average molecular weight is 475 g/mol. The van der Waals surface area contributed by atoms with Gasteiger partial charge in [-0.25, -0.2) is 15.0 Å². The van der Waals surface area contributed by atoms with E-state index in [-0.39, 0.29) is 11.5 Å². The second-order valence-electron chi connectivity index (χ2n) is 9.70. The molecule has 2 aliphatic heterocycles. The minimum atomic E-state index is 0.0236. The molecule has 182 valence electrons. The van der Waals surface area contributed by atoms with E-state index in [9.17, 15) is 4.79 Å². The average Bonchev–Trinajstić information content (AvgIpc) is 2.89. The minimum Gasteiger partial charge on any atom is -0.383 e. The maximum absolute atomic E-state index is 12.8. The number of anilines is 2. The van der Waals surface area contributed by atoms with E-state index in [0.717, 1.165) is 48.9 Å². The van der Waals surface area contributed by atoms with Gasteiger partial charge >= 0.3 is 0 Å². The number of nitrogen functional groups attached to an aromatic ring is 1. The van der Waals surface area contributed by atoms with Crippen LogP contribution in [0.25, 0.3) is 22.0 Å². The van der Waals surface area contributed by atoms with Gasteiger partial charge in [0.15, 0.2) is 0 Å². The van der Waals surface area contributed by atoms with Crippen molar-refractivity contribution in [3.63, 3.8) is 0 Å². The standard InChI is InChI=1S/C26H30N6O3/c27-23-21-16-29-25(30-19-5-7-26(8-6-19)9-12-35-26)31-22(21)20(15-28-23)17-1-3-18(4-2-17)24(33)32-10-13-34-14-11-32/h1-4,15-16,19H,5-14H2,(H2,27,28)(H,29,30,31). The number of fused-ring (bicyclic) bond motifs is 1. The van der Waals surface area contributed by atoms with Gasteiger partial charge in [0.1, 0.15) is 5.82 Å². The van der Waals surface area contributed by atoms with E-state index < -0.39 is 0 Å². The van der Waals surface area contributed by atoms with Gasteiger partial charge in [-0.15, -0.1) is 0 Å². The molecule has 2 aromatic heterocycles. The Morgan fingerprint density at radius 1 is 1.03 bits per heavy atom. The maximum Gasteiger partial charge on any atom is 0.254 e. The van der Waals surface area contributed by atoms with Crippen molar-refractivity contribution in [2.24, 2.45) is 0 Å². The number of carbonyl (C=O) groups excluding carboxylic acids is 1. The molecule has 2 saturated heterocycles. The molecular formula is C26H30N6O3. The Balaban J connectivity index is 1.24. The molecule has 3 N–H and O–H groups in total. The zero-order valence-electron chi connectivity index (χ0n) is 19.7. The van der Waals surface area contributed by atoms with E-state index in [4.69, 9.17) is 20.2 Å². The van der Waals surface area contributed by atoms with Crippen molar-refractivity contribution < 1.29 is 14.3 Å². The quantitative estimate of drug-likeness (QED) is 0.592.